The van der Waals surface area contributed by atoms with Crippen molar-refractivity contribution in [1.82, 2.24) is 19.9 Å². The van der Waals surface area contributed by atoms with Gasteiger partial charge in [0.1, 0.15) is 5.78 Å². The Hall–Kier alpha value is -1.79. The summed E-state index contributed by atoms with van der Waals surface area (Å²) < 4.78 is 89.9. The molecule has 3 rings (SSSR count). The molecule has 1 fully saturated rings. The molecule has 1 saturated carbocycles. The van der Waals surface area contributed by atoms with E-state index in [-0.39, 0.29) is 28.7 Å². The van der Waals surface area contributed by atoms with Gasteiger partial charge in [-0.1, -0.05) is 6.42 Å². The van der Waals surface area contributed by atoms with Crippen LogP contribution < -0.4 is 0 Å². The van der Waals surface area contributed by atoms with Crippen LogP contribution in [-0.2, 0) is 25.0 Å². The van der Waals surface area contributed by atoms with Gasteiger partial charge in [0.2, 0.25) is 11.9 Å². The minimum atomic E-state index is -4.26. The molecule has 2 aromatic rings. The van der Waals surface area contributed by atoms with E-state index in [9.17, 15) is 30.4 Å². The molecule has 0 saturated heterocycles. The normalized spacial score (nSPS) is 20.5. The van der Waals surface area contributed by atoms with E-state index in [1.807, 2.05) is 0 Å². The summed E-state index contributed by atoms with van der Waals surface area (Å²) in [5, 5.41) is -1.40. The number of hydrogen-bond acceptors (Lipinski definition) is 11. The first-order valence-electron chi connectivity index (χ1n) is 11.0. The Morgan fingerprint density at radius 2 is 1.19 bits per heavy atom. The van der Waals surface area contributed by atoms with E-state index in [1.54, 1.807) is 0 Å². The molecule has 2 N–H and O–H groups in total. The van der Waals surface area contributed by atoms with Crippen LogP contribution in [0.4, 0.5) is 8.78 Å². The Bertz CT molecular complexity index is 1190. The maximum absolute atomic E-state index is 13.8. The van der Waals surface area contributed by atoms with Gasteiger partial charge in [0.15, 0.2) is 0 Å². The number of hydrogen-bond donors (Lipinski definition) is 2. The zero-order valence-electron chi connectivity index (χ0n) is 19.2. The lowest BCUT2D eigenvalue weighted by molar-refractivity contribution is -0.129. The second kappa shape index (κ2) is 12.8. The van der Waals surface area contributed by atoms with E-state index in [2.05, 4.69) is 19.9 Å². The van der Waals surface area contributed by atoms with E-state index in [4.69, 9.17) is 9.11 Å². The van der Waals surface area contributed by atoms with Gasteiger partial charge in [-0.25, -0.2) is 9.97 Å². The summed E-state index contributed by atoms with van der Waals surface area (Å²) in [6, 6.07) is 0. The Kier molecular flexibility index (Phi) is 10.3. The number of ketones is 1. The third-order valence-electron chi connectivity index (χ3n) is 5.63. The van der Waals surface area contributed by atoms with Crippen LogP contribution >= 0.6 is 23.5 Å². The molecule has 11 nitrogen and oxygen atoms in total. The van der Waals surface area contributed by atoms with Crippen molar-refractivity contribution in [2.75, 3.05) is 23.0 Å². The zero-order chi connectivity index (χ0) is 27.2. The average Bonchev–Trinajstić information content (AvgIpc) is 2.81. The van der Waals surface area contributed by atoms with E-state index in [0.717, 1.165) is 35.9 Å². The first-order valence-corrected chi connectivity index (χ1v) is 16.3. The molecule has 1 aliphatic rings. The molecule has 204 valence electrons. The highest BCUT2D eigenvalue weighted by molar-refractivity contribution is 8.00. The van der Waals surface area contributed by atoms with Crippen molar-refractivity contribution in [3.05, 3.63) is 48.1 Å². The smallest absolute Gasteiger partial charge is 0.265 e. The maximum atomic E-state index is 13.8. The summed E-state index contributed by atoms with van der Waals surface area (Å²) in [6.07, 6.45) is 5.50. The van der Waals surface area contributed by atoms with Gasteiger partial charge in [-0.05, 0) is 12.8 Å². The van der Waals surface area contributed by atoms with Crippen molar-refractivity contribution in [1.29, 1.82) is 0 Å². The minimum Gasteiger partial charge on any atom is -0.299 e. The topological polar surface area (TPSA) is 177 Å². The van der Waals surface area contributed by atoms with Crippen molar-refractivity contribution in [3.63, 3.8) is 0 Å². The van der Waals surface area contributed by atoms with Crippen molar-refractivity contribution in [3.8, 4) is 0 Å². The summed E-state index contributed by atoms with van der Waals surface area (Å²) in [6.45, 7) is 0. The van der Waals surface area contributed by atoms with Crippen LogP contribution in [0.15, 0.2) is 24.8 Å². The highest BCUT2D eigenvalue weighted by Gasteiger charge is 2.42. The molecule has 37 heavy (non-hydrogen) atoms. The first-order chi connectivity index (χ1) is 17.3. The third kappa shape index (κ3) is 9.17. The Morgan fingerprint density at radius 3 is 1.51 bits per heavy atom. The fourth-order valence-electron chi connectivity index (χ4n) is 4.03. The summed E-state index contributed by atoms with van der Waals surface area (Å²) in [5.74, 6) is -4.53. The monoisotopic (exact) mass is 598 g/mol. The first kappa shape index (κ1) is 29.8. The molecular weight excluding hydrogens is 575 g/mol. The molecule has 2 aromatic heterocycles. The maximum Gasteiger partial charge on any atom is 0.265 e. The Labute approximate surface area is 221 Å². The number of nitrogens with zero attached hydrogens (tertiary/aromatic N) is 4. The van der Waals surface area contributed by atoms with Crippen molar-refractivity contribution in [2.24, 2.45) is 11.8 Å². The second-order valence-electron chi connectivity index (χ2n) is 8.23. The standard InChI is InChI=1S/C20H24F2N4O7S4/c21-16-10-23-14(8-25-16)19(34-4-6-36(28,29)30)12-2-1-3-13(18(12)27)20(35-5-7-37(31,32)33)15-9-26-17(22)11-24-15/h8-13,19-20H,1-7H2,(H,28,29,30)(H,31,32,33). The van der Waals surface area contributed by atoms with Crippen molar-refractivity contribution < 1.29 is 39.5 Å². The lowest BCUT2D eigenvalue weighted by Crippen LogP contribution is -2.35. The quantitative estimate of drug-likeness (QED) is 0.341. The minimum absolute atomic E-state index is 0.0625. The predicted molar refractivity (Wildman–Crippen MR) is 133 cm³/mol. The summed E-state index contributed by atoms with van der Waals surface area (Å²) in [4.78, 5) is 29.0. The van der Waals surface area contributed by atoms with Gasteiger partial charge < -0.3 is 0 Å². The molecule has 2 heterocycles. The summed E-state index contributed by atoms with van der Waals surface area (Å²) in [7, 11) is -8.52. The molecule has 1 aliphatic carbocycles. The molecule has 0 spiro atoms. The summed E-state index contributed by atoms with van der Waals surface area (Å²) >= 11 is 2.14. The molecule has 0 radical (unpaired) electrons. The van der Waals surface area contributed by atoms with E-state index in [0.29, 0.717) is 19.3 Å². The molecule has 4 atom stereocenters. The number of carbonyl (C=O) groups is 1. The predicted octanol–water partition coefficient (Wildman–Crippen LogP) is 2.55. The Balaban J connectivity index is 1.90. The average molecular weight is 599 g/mol. The van der Waals surface area contributed by atoms with E-state index in [1.165, 1.54) is 12.4 Å². The number of thioether (sulfide) groups is 2. The number of carbonyl (C=O) groups excluding carboxylic acids is 1. The van der Waals surface area contributed by atoms with Gasteiger partial charge in [-0.15, -0.1) is 0 Å². The highest BCUT2D eigenvalue weighted by atomic mass is 32.2. The second-order valence-corrected chi connectivity index (χ2v) is 13.9. The largest absolute Gasteiger partial charge is 0.299 e. The van der Waals surface area contributed by atoms with Crippen molar-refractivity contribution >= 4 is 49.5 Å². The third-order valence-corrected chi connectivity index (χ3v) is 10.3. The summed E-state index contributed by atoms with van der Waals surface area (Å²) in [5.41, 5.74) is 0.524. The van der Waals surface area contributed by atoms with E-state index < -0.39 is 66.0 Å². The lowest BCUT2D eigenvalue weighted by Gasteiger charge is -2.36. The molecule has 4 unspecified atom stereocenters. The van der Waals surface area contributed by atoms with Gasteiger partial charge in [-0.3, -0.25) is 23.9 Å². The van der Waals surface area contributed by atoms with Gasteiger partial charge in [0.25, 0.3) is 20.2 Å². The number of halogens is 2. The van der Waals surface area contributed by atoms with Crippen molar-refractivity contribution in [2.45, 2.75) is 29.8 Å². The van der Waals surface area contributed by atoms with Crippen LogP contribution in [0.2, 0.25) is 0 Å². The lowest BCUT2D eigenvalue weighted by atomic mass is 9.76. The molecule has 0 amide bonds. The number of rotatable bonds is 12. The fourth-order valence-corrected chi connectivity index (χ4v) is 8.59. The Morgan fingerprint density at radius 1 is 0.784 bits per heavy atom. The molecular formula is C20H24F2N4O7S4. The molecule has 0 aliphatic heterocycles. The van der Waals surface area contributed by atoms with Crippen LogP contribution in [0, 0.1) is 23.7 Å². The van der Waals surface area contributed by atoms with Gasteiger partial charge >= 0.3 is 0 Å². The zero-order valence-corrected chi connectivity index (χ0v) is 22.4. The molecule has 17 heteroatoms. The van der Waals surface area contributed by atoms with Gasteiger partial charge in [0, 0.05) is 23.3 Å². The molecule has 0 bridgehead atoms. The number of Topliss-reactive ketones (excluding diaryl/α,β-unsaturated/α-hetero) is 1. The van der Waals surface area contributed by atoms with Gasteiger partial charge in [0.05, 0.1) is 58.2 Å². The van der Waals surface area contributed by atoms with Crippen LogP contribution in [0.3, 0.4) is 0 Å². The van der Waals surface area contributed by atoms with E-state index >= 15 is 0 Å². The number of aromatic nitrogens is 4. The highest BCUT2D eigenvalue weighted by Crippen LogP contribution is 2.48. The molecule has 0 aromatic carbocycles. The SMILES string of the molecule is O=C1C(C(SCCS(=O)(=O)O)c2cnc(F)cn2)CCCC1C(SCCS(=O)(=O)O)c1cnc(F)cn1. The fraction of sp³-hybridized carbons (Fsp3) is 0.550. The van der Waals surface area contributed by atoms with Crippen LogP contribution in [0.5, 0.6) is 0 Å². The van der Waals surface area contributed by atoms with Gasteiger partial charge in [-0.2, -0.15) is 49.1 Å². The van der Waals surface area contributed by atoms with Crippen LogP contribution in [-0.4, -0.2) is 74.7 Å². The van der Waals surface area contributed by atoms with Crippen LogP contribution in [0.25, 0.3) is 0 Å². The van der Waals surface area contributed by atoms with Crippen LogP contribution in [0.1, 0.15) is 41.2 Å².